The zero-order valence-corrected chi connectivity index (χ0v) is 13.1. The van der Waals surface area contributed by atoms with Crippen molar-refractivity contribution in [1.82, 2.24) is 14.5 Å². The van der Waals surface area contributed by atoms with Crippen molar-refractivity contribution in [3.05, 3.63) is 51.9 Å². The lowest BCUT2D eigenvalue weighted by atomic mass is 10.3. The number of anilines is 2. The van der Waals surface area contributed by atoms with Crippen molar-refractivity contribution in [2.75, 3.05) is 5.32 Å². The van der Waals surface area contributed by atoms with E-state index in [-0.39, 0.29) is 27.8 Å². The Kier molecular flexibility index (Phi) is 4.25. The van der Waals surface area contributed by atoms with Crippen LogP contribution in [0.3, 0.4) is 0 Å². The summed E-state index contributed by atoms with van der Waals surface area (Å²) in [4.78, 5) is 19.8. The number of halogens is 4. The van der Waals surface area contributed by atoms with E-state index >= 15 is 0 Å². The van der Waals surface area contributed by atoms with Gasteiger partial charge in [-0.2, -0.15) is 18.2 Å². The highest BCUT2D eigenvalue weighted by Gasteiger charge is 2.29. The van der Waals surface area contributed by atoms with Crippen LogP contribution in [0.5, 0.6) is 5.75 Å². The van der Waals surface area contributed by atoms with Crippen molar-refractivity contribution in [3.63, 3.8) is 0 Å². The minimum absolute atomic E-state index is 0.0178. The summed E-state index contributed by atoms with van der Waals surface area (Å²) < 4.78 is 38.7. The molecule has 0 radical (unpaired) electrons. The molecule has 0 fully saturated rings. The molecule has 2 heterocycles. The molecule has 0 aliphatic rings. The Morgan fingerprint density at radius 1 is 1.24 bits per heavy atom. The molecule has 3 rings (SSSR count). The van der Waals surface area contributed by atoms with Crippen LogP contribution < -0.4 is 10.9 Å². The van der Waals surface area contributed by atoms with E-state index in [4.69, 9.17) is 11.6 Å². The number of aromatic hydroxyl groups is 1. The number of phenols is 1. The first-order valence-electron chi connectivity index (χ1n) is 6.92. The monoisotopic (exact) mass is 370 g/mol. The van der Waals surface area contributed by atoms with E-state index in [2.05, 4.69) is 15.3 Å². The van der Waals surface area contributed by atoms with Gasteiger partial charge in [-0.25, -0.2) is 4.98 Å². The van der Waals surface area contributed by atoms with Crippen LogP contribution in [-0.4, -0.2) is 25.8 Å². The summed E-state index contributed by atoms with van der Waals surface area (Å²) in [5, 5.41) is 12.5. The largest absolute Gasteiger partial charge is 0.506 e. The van der Waals surface area contributed by atoms with Gasteiger partial charge in [-0.3, -0.25) is 9.36 Å². The lowest BCUT2D eigenvalue weighted by Gasteiger charge is -2.12. The van der Waals surface area contributed by atoms with Gasteiger partial charge in [0.15, 0.2) is 0 Å². The first kappa shape index (κ1) is 17.0. The number of rotatable bonds is 3. The second-order valence-electron chi connectivity index (χ2n) is 5.14. The van der Waals surface area contributed by atoms with Crippen LogP contribution >= 0.6 is 11.6 Å². The van der Waals surface area contributed by atoms with Gasteiger partial charge in [0.05, 0.1) is 5.02 Å². The number of phenolic OH excluding ortho intramolecular Hbond substituents is 1. The second-order valence-corrected chi connectivity index (χ2v) is 5.54. The summed E-state index contributed by atoms with van der Waals surface area (Å²) in [6, 6.07) is 6.61. The molecular formula is C15H10ClF3N4O2. The second kappa shape index (κ2) is 6.25. The van der Waals surface area contributed by atoms with E-state index in [0.717, 1.165) is 6.07 Å². The highest BCUT2D eigenvalue weighted by atomic mass is 35.5. The number of hydrogen-bond donors (Lipinski definition) is 2. The first-order chi connectivity index (χ1) is 11.7. The molecule has 0 bridgehead atoms. The molecule has 0 atom stereocenters. The van der Waals surface area contributed by atoms with Gasteiger partial charge in [-0.15, -0.1) is 0 Å². The van der Waals surface area contributed by atoms with Gasteiger partial charge in [-0.1, -0.05) is 11.6 Å². The molecule has 2 aromatic heterocycles. The average Bonchev–Trinajstić information content (AvgIpc) is 2.53. The quantitative estimate of drug-likeness (QED) is 0.690. The number of hydrogen-bond acceptors (Lipinski definition) is 5. The molecule has 0 aliphatic carbocycles. The highest BCUT2D eigenvalue weighted by Crippen LogP contribution is 2.27. The average molecular weight is 371 g/mol. The van der Waals surface area contributed by atoms with E-state index in [9.17, 15) is 23.1 Å². The molecule has 0 saturated heterocycles. The van der Waals surface area contributed by atoms with Crippen molar-refractivity contribution < 1.29 is 18.3 Å². The van der Waals surface area contributed by atoms with E-state index in [0.29, 0.717) is 10.3 Å². The van der Waals surface area contributed by atoms with Crippen LogP contribution in [0.2, 0.25) is 5.02 Å². The molecule has 10 heteroatoms. The molecule has 1 aromatic carbocycles. The maximum atomic E-state index is 12.7. The molecule has 6 nitrogen and oxygen atoms in total. The van der Waals surface area contributed by atoms with E-state index in [1.54, 1.807) is 0 Å². The standard InChI is InChI=1S/C15H10ClF3N4O2/c16-10-5-9(2-3-11(10)24)21-14-20-6-8-1-4-12(25)23(13(8)22-14)7-15(17,18)19/h1-6,24H,7H2,(H,20,21,22). The van der Waals surface area contributed by atoms with Gasteiger partial charge in [0, 0.05) is 23.3 Å². The minimum atomic E-state index is -4.57. The Morgan fingerprint density at radius 2 is 2.00 bits per heavy atom. The maximum absolute atomic E-state index is 12.7. The van der Waals surface area contributed by atoms with Crippen LogP contribution in [-0.2, 0) is 6.54 Å². The SMILES string of the molecule is O=c1ccc2cnc(Nc3ccc(O)c(Cl)c3)nc2n1CC(F)(F)F. The highest BCUT2D eigenvalue weighted by molar-refractivity contribution is 6.32. The molecular weight excluding hydrogens is 361 g/mol. The van der Waals surface area contributed by atoms with Crippen LogP contribution in [0.1, 0.15) is 0 Å². The minimum Gasteiger partial charge on any atom is -0.506 e. The predicted molar refractivity (Wildman–Crippen MR) is 86.3 cm³/mol. The number of nitrogens with zero attached hydrogens (tertiary/aromatic N) is 3. The lowest BCUT2D eigenvalue weighted by molar-refractivity contribution is -0.140. The summed E-state index contributed by atoms with van der Waals surface area (Å²) >= 11 is 5.79. The van der Waals surface area contributed by atoms with Gasteiger partial charge in [0.2, 0.25) is 5.95 Å². The summed E-state index contributed by atoms with van der Waals surface area (Å²) in [5.74, 6) is -0.138. The van der Waals surface area contributed by atoms with Crippen LogP contribution in [0.25, 0.3) is 11.0 Å². The molecule has 3 aromatic rings. The molecule has 25 heavy (non-hydrogen) atoms. The summed E-state index contributed by atoms with van der Waals surface area (Å²) in [6.45, 7) is -1.45. The Balaban J connectivity index is 2.04. The molecule has 0 spiro atoms. The Morgan fingerprint density at radius 3 is 2.68 bits per heavy atom. The Labute approximate surface area is 143 Å². The summed E-state index contributed by atoms with van der Waals surface area (Å²) in [7, 11) is 0. The molecule has 130 valence electrons. The van der Waals surface area contributed by atoms with Crippen molar-refractivity contribution in [2.24, 2.45) is 0 Å². The van der Waals surface area contributed by atoms with Gasteiger partial charge in [-0.05, 0) is 24.3 Å². The third-order valence-electron chi connectivity index (χ3n) is 3.26. The third kappa shape index (κ3) is 3.82. The Hall–Kier alpha value is -2.81. The number of benzene rings is 1. The smallest absolute Gasteiger partial charge is 0.406 e. The van der Waals surface area contributed by atoms with Crippen LogP contribution in [0, 0.1) is 0 Å². The number of nitrogens with one attached hydrogen (secondary N) is 1. The fourth-order valence-electron chi connectivity index (χ4n) is 2.18. The fourth-order valence-corrected chi connectivity index (χ4v) is 2.36. The van der Waals surface area contributed by atoms with Crippen molar-refractivity contribution in [3.8, 4) is 5.75 Å². The molecule has 2 N–H and O–H groups in total. The van der Waals surface area contributed by atoms with Crippen molar-refractivity contribution in [2.45, 2.75) is 12.7 Å². The lowest BCUT2D eigenvalue weighted by Crippen LogP contribution is -2.28. The number of pyridine rings is 1. The normalized spacial score (nSPS) is 11.7. The van der Waals surface area contributed by atoms with Gasteiger partial charge >= 0.3 is 6.18 Å². The van der Waals surface area contributed by atoms with Gasteiger partial charge in [0.25, 0.3) is 5.56 Å². The summed E-state index contributed by atoms with van der Waals surface area (Å²) in [5.41, 5.74) is -0.544. The Bertz CT molecular complexity index is 1000. The van der Waals surface area contributed by atoms with Gasteiger partial charge < -0.3 is 10.4 Å². The van der Waals surface area contributed by atoms with Gasteiger partial charge in [0.1, 0.15) is 17.9 Å². The molecule has 0 saturated carbocycles. The van der Waals surface area contributed by atoms with E-state index < -0.39 is 18.3 Å². The fraction of sp³-hybridized carbons (Fsp3) is 0.133. The number of fused-ring (bicyclic) bond motifs is 1. The zero-order valence-electron chi connectivity index (χ0n) is 12.4. The third-order valence-corrected chi connectivity index (χ3v) is 3.57. The molecule has 0 aliphatic heterocycles. The number of aromatic nitrogens is 3. The first-order valence-corrected chi connectivity index (χ1v) is 7.30. The maximum Gasteiger partial charge on any atom is 0.406 e. The van der Waals surface area contributed by atoms with E-state index in [1.807, 2.05) is 0 Å². The van der Waals surface area contributed by atoms with Crippen LogP contribution in [0.4, 0.5) is 24.8 Å². The van der Waals surface area contributed by atoms with E-state index in [1.165, 1.54) is 30.5 Å². The predicted octanol–water partition coefficient (Wildman–Crippen LogP) is 3.46. The van der Waals surface area contributed by atoms with Crippen molar-refractivity contribution >= 4 is 34.3 Å². The van der Waals surface area contributed by atoms with Crippen molar-refractivity contribution in [1.29, 1.82) is 0 Å². The molecule has 0 unspecified atom stereocenters. The zero-order chi connectivity index (χ0) is 18.2. The van der Waals surface area contributed by atoms with Crippen LogP contribution in [0.15, 0.2) is 41.3 Å². The molecule has 0 amide bonds. The summed E-state index contributed by atoms with van der Waals surface area (Å²) in [6.07, 6.45) is -3.26. The topological polar surface area (TPSA) is 80.0 Å². The number of alkyl halides is 3.